The van der Waals surface area contributed by atoms with Gasteiger partial charge in [0, 0.05) is 18.7 Å². The Bertz CT molecular complexity index is 523. The van der Waals surface area contributed by atoms with E-state index < -0.39 is 0 Å². The third-order valence-corrected chi connectivity index (χ3v) is 4.09. The molecule has 0 aliphatic carbocycles. The summed E-state index contributed by atoms with van der Waals surface area (Å²) in [6.45, 7) is 8.85. The third kappa shape index (κ3) is 3.94. The Labute approximate surface area is 127 Å². The van der Waals surface area contributed by atoms with Crippen molar-refractivity contribution in [2.45, 2.75) is 33.6 Å². The Morgan fingerprint density at radius 3 is 2.38 bits per heavy atom. The summed E-state index contributed by atoms with van der Waals surface area (Å²) in [6.07, 6.45) is 4.04. The van der Waals surface area contributed by atoms with Crippen molar-refractivity contribution >= 4 is 5.91 Å². The Kier molecular flexibility index (Phi) is 4.84. The van der Waals surface area contributed by atoms with E-state index in [-0.39, 0.29) is 11.3 Å². The highest BCUT2D eigenvalue weighted by Crippen LogP contribution is 2.30. The first-order valence-corrected chi connectivity index (χ1v) is 7.69. The van der Waals surface area contributed by atoms with Crippen LogP contribution in [0.3, 0.4) is 0 Å². The molecular weight excluding hydrogens is 260 g/mol. The van der Waals surface area contributed by atoms with E-state index in [0.717, 1.165) is 31.5 Å². The lowest BCUT2D eigenvalue weighted by Gasteiger charge is -2.32. The average molecular weight is 286 g/mol. The van der Waals surface area contributed by atoms with Crippen LogP contribution < -0.4 is 5.73 Å². The van der Waals surface area contributed by atoms with Crippen LogP contribution in [0.15, 0.2) is 35.9 Å². The summed E-state index contributed by atoms with van der Waals surface area (Å²) in [7, 11) is 0. The van der Waals surface area contributed by atoms with Crippen LogP contribution in [0, 0.1) is 5.41 Å². The smallest absolute Gasteiger partial charge is 0.254 e. The molecule has 0 bridgehead atoms. The summed E-state index contributed by atoms with van der Waals surface area (Å²) in [5, 5.41) is 0. The van der Waals surface area contributed by atoms with Gasteiger partial charge in [-0.15, -0.1) is 0 Å². The molecule has 1 heterocycles. The lowest BCUT2D eigenvalue weighted by Crippen LogP contribution is -2.36. The van der Waals surface area contributed by atoms with Gasteiger partial charge < -0.3 is 10.6 Å². The number of amides is 1. The molecule has 114 valence electrons. The van der Waals surface area contributed by atoms with E-state index in [1.54, 1.807) is 0 Å². The topological polar surface area (TPSA) is 46.3 Å². The molecule has 1 amide bonds. The van der Waals surface area contributed by atoms with E-state index in [9.17, 15) is 4.79 Å². The molecule has 2 N–H and O–H groups in total. The van der Waals surface area contributed by atoms with Gasteiger partial charge in [0.15, 0.2) is 0 Å². The number of benzene rings is 1. The highest BCUT2D eigenvalue weighted by atomic mass is 16.2. The van der Waals surface area contributed by atoms with Crippen LogP contribution in [0.2, 0.25) is 0 Å². The summed E-state index contributed by atoms with van der Waals surface area (Å²) >= 11 is 0. The minimum Gasteiger partial charge on any atom is -0.335 e. The second-order valence-corrected chi connectivity index (χ2v) is 6.72. The molecule has 0 fully saturated rings. The molecular formula is C18H26N2O. The second kappa shape index (κ2) is 6.44. The van der Waals surface area contributed by atoms with E-state index in [1.807, 2.05) is 29.2 Å². The summed E-state index contributed by atoms with van der Waals surface area (Å²) in [6, 6.07) is 7.83. The van der Waals surface area contributed by atoms with E-state index in [4.69, 9.17) is 5.73 Å². The quantitative estimate of drug-likeness (QED) is 0.868. The van der Waals surface area contributed by atoms with Gasteiger partial charge in [0.05, 0.1) is 0 Å². The number of hydrogen-bond acceptors (Lipinski definition) is 2. The normalized spacial score (nSPS) is 15.8. The fraction of sp³-hybridized carbons (Fsp3) is 0.500. The molecule has 0 radical (unpaired) electrons. The number of rotatable bonds is 3. The largest absolute Gasteiger partial charge is 0.335 e. The van der Waals surface area contributed by atoms with Gasteiger partial charge in [-0.1, -0.05) is 44.6 Å². The lowest BCUT2D eigenvalue weighted by molar-refractivity contribution is 0.0765. The number of nitrogens with zero attached hydrogens (tertiary/aromatic N) is 1. The van der Waals surface area contributed by atoms with Gasteiger partial charge in [0.2, 0.25) is 0 Å². The molecule has 1 aromatic carbocycles. The summed E-state index contributed by atoms with van der Waals surface area (Å²) in [4.78, 5) is 14.4. The first-order valence-electron chi connectivity index (χ1n) is 7.69. The maximum atomic E-state index is 12.5. The van der Waals surface area contributed by atoms with E-state index >= 15 is 0 Å². The molecule has 3 heteroatoms. The van der Waals surface area contributed by atoms with Crippen molar-refractivity contribution in [3.05, 3.63) is 47.0 Å². The zero-order valence-electron chi connectivity index (χ0n) is 13.4. The molecule has 0 spiro atoms. The molecule has 0 unspecified atom stereocenters. The molecule has 1 aromatic rings. The van der Waals surface area contributed by atoms with Crippen LogP contribution in [0.4, 0.5) is 0 Å². The van der Waals surface area contributed by atoms with Gasteiger partial charge in [-0.3, -0.25) is 4.79 Å². The van der Waals surface area contributed by atoms with Crippen LogP contribution in [0.5, 0.6) is 0 Å². The van der Waals surface area contributed by atoms with Crippen molar-refractivity contribution < 1.29 is 4.79 Å². The predicted molar refractivity (Wildman–Crippen MR) is 87.3 cm³/mol. The maximum Gasteiger partial charge on any atom is 0.254 e. The Morgan fingerprint density at radius 2 is 1.90 bits per heavy atom. The number of hydrogen-bond donors (Lipinski definition) is 1. The minimum absolute atomic E-state index is 0.124. The van der Waals surface area contributed by atoms with E-state index in [2.05, 4.69) is 26.8 Å². The SMILES string of the molecule is CC(C)(C)C1=CCN(C(=O)c2ccc(CCN)cc2)CC1. The first kappa shape index (κ1) is 15.8. The predicted octanol–water partition coefficient (Wildman–Crippen LogP) is 3.01. The van der Waals surface area contributed by atoms with Crippen molar-refractivity contribution in [3.63, 3.8) is 0 Å². The average Bonchev–Trinajstić information content (AvgIpc) is 2.47. The van der Waals surface area contributed by atoms with Gasteiger partial charge in [-0.25, -0.2) is 0 Å². The molecule has 0 saturated carbocycles. The molecule has 3 nitrogen and oxygen atoms in total. The van der Waals surface area contributed by atoms with Crippen LogP contribution in [0.25, 0.3) is 0 Å². The number of carbonyl (C=O) groups excluding carboxylic acids is 1. The Morgan fingerprint density at radius 1 is 1.24 bits per heavy atom. The molecule has 1 aliphatic rings. The van der Waals surface area contributed by atoms with Gasteiger partial charge >= 0.3 is 0 Å². The number of carbonyl (C=O) groups is 1. The fourth-order valence-electron chi connectivity index (χ4n) is 2.70. The zero-order chi connectivity index (χ0) is 15.5. The molecule has 0 saturated heterocycles. The Balaban J connectivity index is 2.03. The molecule has 2 rings (SSSR count). The van der Waals surface area contributed by atoms with Crippen LogP contribution in [-0.2, 0) is 6.42 Å². The highest BCUT2D eigenvalue weighted by Gasteiger charge is 2.24. The maximum absolute atomic E-state index is 12.5. The van der Waals surface area contributed by atoms with Crippen LogP contribution in [0.1, 0.15) is 43.1 Å². The monoisotopic (exact) mass is 286 g/mol. The minimum atomic E-state index is 0.124. The van der Waals surface area contributed by atoms with E-state index in [1.165, 1.54) is 11.1 Å². The zero-order valence-corrected chi connectivity index (χ0v) is 13.4. The highest BCUT2D eigenvalue weighted by molar-refractivity contribution is 5.94. The van der Waals surface area contributed by atoms with E-state index in [0.29, 0.717) is 6.54 Å². The van der Waals surface area contributed by atoms with Crippen molar-refractivity contribution in [2.75, 3.05) is 19.6 Å². The van der Waals surface area contributed by atoms with Crippen molar-refractivity contribution in [1.82, 2.24) is 4.90 Å². The van der Waals surface area contributed by atoms with Gasteiger partial charge in [-0.05, 0) is 42.5 Å². The molecule has 1 aliphatic heterocycles. The van der Waals surface area contributed by atoms with Gasteiger partial charge in [0.25, 0.3) is 5.91 Å². The summed E-state index contributed by atoms with van der Waals surface area (Å²) in [5.41, 5.74) is 9.15. The molecule has 0 atom stereocenters. The Hall–Kier alpha value is -1.61. The molecule has 21 heavy (non-hydrogen) atoms. The van der Waals surface area contributed by atoms with Crippen LogP contribution >= 0.6 is 0 Å². The van der Waals surface area contributed by atoms with Crippen LogP contribution in [-0.4, -0.2) is 30.4 Å². The van der Waals surface area contributed by atoms with Crippen molar-refractivity contribution in [2.24, 2.45) is 11.1 Å². The van der Waals surface area contributed by atoms with Gasteiger partial charge in [0.1, 0.15) is 0 Å². The first-order chi connectivity index (χ1) is 9.91. The second-order valence-electron chi connectivity index (χ2n) is 6.72. The van der Waals surface area contributed by atoms with Gasteiger partial charge in [-0.2, -0.15) is 0 Å². The third-order valence-electron chi connectivity index (χ3n) is 4.09. The van der Waals surface area contributed by atoms with Crippen molar-refractivity contribution in [3.8, 4) is 0 Å². The molecule has 0 aromatic heterocycles. The lowest BCUT2D eigenvalue weighted by atomic mass is 9.83. The fourth-order valence-corrected chi connectivity index (χ4v) is 2.70. The van der Waals surface area contributed by atoms with Crippen molar-refractivity contribution in [1.29, 1.82) is 0 Å². The standard InChI is InChI=1S/C18H26N2O/c1-18(2,3)16-9-12-20(13-10-16)17(21)15-6-4-14(5-7-15)8-11-19/h4-7,9H,8,10-13,19H2,1-3H3. The summed E-state index contributed by atoms with van der Waals surface area (Å²) in [5.74, 6) is 0.124. The summed E-state index contributed by atoms with van der Waals surface area (Å²) < 4.78 is 0. The number of nitrogens with two attached hydrogens (primary N) is 1.